The Bertz CT molecular complexity index is 294. The first kappa shape index (κ1) is 10.8. The minimum Gasteiger partial charge on any atom is -0.338 e. The lowest BCUT2D eigenvalue weighted by molar-refractivity contribution is -0.123. The van der Waals surface area contributed by atoms with Crippen molar-refractivity contribution >= 4 is 11.9 Å². The van der Waals surface area contributed by atoms with Crippen LogP contribution in [0.3, 0.4) is 0 Å². The fourth-order valence-electron chi connectivity index (χ4n) is 1.57. The number of carbonyl (C=O) groups excluding carboxylic acids is 2. The maximum atomic E-state index is 11.7. The zero-order chi connectivity index (χ0) is 10.7. The van der Waals surface area contributed by atoms with Crippen LogP contribution >= 0.6 is 0 Å². The predicted molar refractivity (Wildman–Crippen MR) is 53.5 cm³/mol. The molecule has 0 aromatic carbocycles. The molecule has 4 heteroatoms. The maximum Gasteiger partial charge on any atom is 0.324 e. The molecule has 77 valence electrons. The Morgan fingerprint density at radius 3 is 2.71 bits per heavy atom. The number of rotatable bonds is 2. The largest absolute Gasteiger partial charge is 0.338 e. The average molecular weight is 195 g/mol. The number of amides is 3. The van der Waals surface area contributed by atoms with Gasteiger partial charge in [0.1, 0.15) is 0 Å². The molecule has 0 aliphatic carbocycles. The highest BCUT2D eigenvalue weighted by Crippen LogP contribution is 2.20. The summed E-state index contributed by atoms with van der Waals surface area (Å²) in [7, 11) is 0. The Hall–Kier alpha value is -1.32. The van der Waals surface area contributed by atoms with Crippen molar-refractivity contribution in [3.05, 3.63) is 18.1 Å². The molecule has 0 unspecified atom stereocenters. The summed E-state index contributed by atoms with van der Waals surface area (Å²) in [5.41, 5.74) is 1.74. The summed E-state index contributed by atoms with van der Waals surface area (Å²) < 4.78 is 0. The molecular formula is C10H15N2O2. The molecule has 1 heterocycles. The van der Waals surface area contributed by atoms with Crippen LogP contribution in [0.2, 0.25) is 0 Å². The molecule has 0 aromatic rings. The van der Waals surface area contributed by atoms with Gasteiger partial charge in [-0.15, -0.1) is 0 Å². The highest BCUT2D eigenvalue weighted by molar-refractivity contribution is 6.06. The van der Waals surface area contributed by atoms with E-state index in [9.17, 15) is 9.59 Å². The highest BCUT2D eigenvalue weighted by atomic mass is 16.2. The molecule has 0 saturated heterocycles. The fraction of sp³-hybridized carbons (Fsp3) is 0.500. The van der Waals surface area contributed by atoms with Crippen molar-refractivity contribution in [1.29, 1.82) is 0 Å². The van der Waals surface area contributed by atoms with Gasteiger partial charge >= 0.3 is 6.03 Å². The predicted octanol–water partition coefficient (Wildman–Crippen LogP) is 1.10. The van der Waals surface area contributed by atoms with Gasteiger partial charge in [0, 0.05) is 12.1 Å². The third-order valence-electron chi connectivity index (χ3n) is 2.29. The molecule has 3 amide bonds. The van der Waals surface area contributed by atoms with E-state index < -0.39 is 0 Å². The van der Waals surface area contributed by atoms with Gasteiger partial charge in [0.05, 0.1) is 6.54 Å². The van der Waals surface area contributed by atoms with E-state index in [0.29, 0.717) is 19.5 Å². The summed E-state index contributed by atoms with van der Waals surface area (Å²) in [5, 5.41) is 2.51. The van der Waals surface area contributed by atoms with Crippen LogP contribution in [0.4, 0.5) is 4.79 Å². The molecule has 4 nitrogen and oxygen atoms in total. The van der Waals surface area contributed by atoms with Gasteiger partial charge in [-0.2, -0.15) is 0 Å². The smallest absolute Gasteiger partial charge is 0.324 e. The van der Waals surface area contributed by atoms with E-state index in [1.807, 2.05) is 13.8 Å². The number of imide groups is 1. The van der Waals surface area contributed by atoms with E-state index in [4.69, 9.17) is 0 Å². The van der Waals surface area contributed by atoms with Crippen molar-refractivity contribution in [1.82, 2.24) is 10.2 Å². The Morgan fingerprint density at radius 1 is 1.64 bits per heavy atom. The molecule has 0 spiro atoms. The Kier molecular flexibility index (Phi) is 3.28. The van der Waals surface area contributed by atoms with E-state index in [1.54, 1.807) is 0 Å². The number of urea groups is 1. The van der Waals surface area contributed by atoms with Gasteiger partial charge in [-0.05, 0) is 25.8 Å². The molecule has 0 atom stereocenters. The van der Waals surface area contributed by atoms with Crippen molar-refractivity contribution < 1.29 is 9.59 Å². The summed E-state index contributed by atoms with van der Waals surface area (Å²) in [6, 6.07) is -0.354. The van der Waals surface area contributed by atoms with Gasteiger partial charge in [0.2, 0.25) is 0 Å². The first-order valence-electron chi connectivity index (χ1n) is 4.69. The first-order chi connectivity index (χ1) is 6.61. The van der Waals surface area contributed by atoms with Crippen LogP contribution in [0.15, 0.2) is 11.1 Å². The molecule has 14 heavy (non-hydrogen) atoms. The lowest BCUT2D eigenvalue weighted by atomic mass is 10.1. The summed E-state index contributed by atoms with van der Waals surface area (Å²) in [4.78, 5) is 24.3. The number of carbonyl (C=O) groups is 2. The van der Waals surface area contributed by atoms with Crippen LogP contribution < -0.4 is 5.32 Å². The van der Waals surface area contributed by atoms with Crippen molar-refractivity contribution in [2.45, 2.75) is 20.3 Å². The fourth-order valence-corrected chi connectivity index (χ4v) is 1.57. The first-order valence-corrected chi connectivity index (χ1v) is 4.69. The molecule has 1 aliphatic rings. The minimum atomic E-state index is -0.354. The summed E-state index contributed by atoms with van der Waals surface area (Å²) in [5.74, 6) is -0.170. The molecule has 0 bridgehead atoms. The second kappa shape index (κ2) is 4.26. The number of hydrogen-bond donors (Lipinski definition) is 1. The average Bonchev–Trinajstić information content (AvgIpc) is 2.42. The second-order valence-corrected chi connectivity index (χ2v) is 3.24. The third kappa shape index (κ3) is 1.78. The van der Waals surface area contributed by atoms with Gasteiger partial charge in [-0.25, -0.2) is 4.79 Å². The summed E-state index contributed by atoms with van der Waals surface area (Å²) in [6.45, 7) is 8.00. The molecular weight excluding hydrogens is 180 g/mol. The van der Waals surface area contributed by atoms with Crippen LogP contribution in [-0.2, 0) is 4.79 Å². The summed E-state index contributed by atoms with van der Waals surface area (Å²) >= 11 is 0. The topological polar surface area (TPSA) is 49.4 Å². The van der Waals surface area contributed by atoms with Crippen molar-refractivity contribution in [2.24, 2.45) is 0 Å². The Balaban J connectivity index is 2.73. The number of nitrogens with zero attached hydrogens (tertiary/aromatic N) is 1. The monoisotopic (exact) mass is 195 g/mol. The molecule has 0 saturated carbocycles. The van der Waals surface area contributed by atoms with Crippen LogP contribution in [-0.4, -0.2) is 29.9 Å². The Morgan fingerprint density at radius 2 is 2.29 bits per heavy atom. The lowest BCUT2D eigenvalue weighted by Crippen LogP contribution is -2.41. The normalized spacial score (nSPS) is 16.5. The van der Waals surface area contributed by atoms with Gasteiger partial charge in [0.25, 0.3) is 5.91 Å². The molecule has 1 N–H and O–H groups in total. The summed E-state index contributed by atoms with van der Waals surface area (Å²) in [6.07, 6.45) is 0.679. The van der Waals surface area contributed by atoms with Crippen LogP contribution in [0.5, 0.6) is 0 Å². The standard InChI is InChI=1S/C10H15N2O2/c1-4-8-7(3)6-12(9(8)13)10(14)11-5-2/h2,4-6H2,1,3H3,(H,11,14). The molecule has 1 radical (unpaired) electrons. The van der Waals surface area contributed by atoms with Crippen molar-refractivity contribution in [3.8, 4) is 0 Å². The lowest BCUT2D eigenvalue weighted by Gasteiger charge is -2.14. The van der Waals surface area contributed by atoms with E-state index >= 15 is 0 Å². The molecule has 0 fully saturated rings. The third-order valence-corrected chi connectivity index (χ3v) is 2.29. The minimum absolute atomic E-state index is 0.170. The number of hydrogen-bond acceptors (Lipinski definition) is 2. The van der Waals surface area contributed by atoms with Crippen molar-refractivity contribution in [3.63, 3.8) is 0 Å². The van der Waals surface area contributed by atoms with Gasteiger partial charge in [0.15, 0.2) is 0 Å². The van der Waals surface area contributed by atoms with Gasteiger partial charge in [-0.1, -0.05) is 6.92 Å². The zero-order valence-corrected chi connectivity index (χ0v) is 8.59. The maximum absolute atomic E-state index is 11.7. The molecule has 0 aromatic heterocycles. The zero-order valence-electron chi connectivity index (χ0n) is 8.59. The van der Waals surface area contributed by atoms with E-state index in [0.717, 1.165) is 11.1 Å². The van der Waals surface area contributed by atoms with Crippen LogP contribution in [0, 0.1) is 6.92 Å². The van der Waals surface area contributed by atoms with E-state index in [2.05, 4.69) is 12.2 Å². The molecule has 1 rings (SSSR count). The Labute approximate surface area is 84.0 Å². The highest BCUT2D eigenvalue weighted by Gasteiger charge is 2.30. The number of nitrogens with one attached hydrogen (secondary N) is 1. The van der Waals surface area contributed by atoms with E-state index in [-0.39, 0.29) is 11.9 Å². The van der Waals surface area contributed by atoms with Crippen molar-refractivity contribution in [2.75, 3.05) is 13.1 Å². The second-order valence-electron chi connectivity index (χ2n) is 3.24. The SMILES string of the molecule is [CH2]CNC(=O)N1CC(C)=C(CC)C1=O. The van der Waals surface area contributed by atoms with Crippen LogP contribution in [0.1, 0.15) is 20.3 Å². The van der Waals surface area contributed by atoms with Gasteiger partial charge < -0.3 is 5.32 Å². The molecule has 1 aliphatic heterocycles. The van der Waals surface area contributed by atoms with Crippen LogP contribution in [0.25, 0.3) is 0 Å². The van der Waals surface area contributed by atoms with Gasteiger partial charge in [-0.3, -0.25) is 9.69 Å². The quantitative estimate of drug-likeness (QED) is 0.717. The van der Waals surface area contributed by atoms with E-state index in [1.165, 1.54) is 4.90 Å².